The average molecular weight is 249 g/mol. The van der Waals surface area contributed by atoms with E-state index >= 15 is 0 Å². The Morgan fingerprint density at radius 1 is 1.39 bits per heavy atom. The molecule has 1 aromatic carbocycles. The second kappa shape index (κ2) is 5.50. The number of carboxylic acid groups (broad SMARTS) is 1. The molecule has 0 saturated carbocycles. The largest absolute Gasteiger partial charge is 0.480 e. The summed E-state index contributed by atoms with van der Waals surface area (Å²) in [5, 5.41) is 8.58. The van der Waals surface area contributed by atoms with Crippen LogP contribution in [-0.2, 0) is 16.0 Å². The van der Waals surface area contributed by atoms with Gasteiger partial charge in [0.25, 0.3) is 0 Å². The van der Waals surface area contributed by atoms with Gasteiger partial charge in [0.05, 0.1) is 5.60 Å². The van der Waals surface area contributed by atoms with E-state index in [1.54, 1.807) is 0 Å². The highest BCUT2D eigenvalue weighted by Gasteiger charge is 2.39. The fraction of sp³-hybridized carbons (Fsp3) is 0.500. The molecule has 0 amide bonds. The van der Waals surface area contributed by atoms with Gasteiger partial charge in [0.1, 0.15) is 6.61 Å². The Morgan fingerprint density at radius 3 is 2.67 bits per heavy atom. The minimum atomic E-state index is -0.904. The van der Waals surface area contributed by atoms with E-state index in [4.69, 9.17) is 9.84 Å². The van der Waals surface area contributed by atoms with Crippen LogP contribution in [0, 0.1) is 0 Å². The highest BCUT2D eigenvalue weighted by Crippen LogP contribution is 2.24. The molecule has 0 atom stereocenters. The van der Waals surface area contributed by atoms with Crippen LogP contribution in [0.25, 0.3) is 0 Å². The van der Waals surface area contributed by atoms with Gasteiger partial charge in [0, 0.05) is 19.6 Å². The van der Waals surface area contributed by atoms with Gasteiger partial charge in [0.15, 0.2) is 0 Å². The Morgan fingerprint density at radius 2 is 2.06 bits per heavy atom. The molecule has 0 aliphatic carbocycles. The fourth-order valence-electron chi connectivity index (χ4n) is 2.32. The van der Waals surface area contributed by atoms with Crippen LogP contribution in [0.15, 0.2) is 30.3 Å². The monoisotopic (exact) mass is 249 g/mol. The molecule has 1 aromatic rings. The Balaban J connectivity index is 1.68. The van der Waals surface area contributed by atoms with E-state index in [1.165, 1.54) is 5.56 Å². The van der Waals surface area contributed by atoms with Gasteiger partial charge in [-0.25, -0.2) is 4.79 Å². The van der Waals surface area contributed by atoms with Crippen LogP contribution in [0.2, 0.25) is 0 Å². The summed E-state index contributed by atoms with van der Waals surface area (Å²) in [6.07, 6.45) is 1.02. The molecule has 1 aliphatic heterocycles. The number of carbonyl (C=O) groups is 1. The molecule has 98 valence electrons. The zero-order valence-electron chi connectivity index (χ0n) is 10.6. The first-order valence-electron chi connectivity index (χ1n) is 6.19. The van der Waals surface area contributed by atoms with Gasteiger partial charge in [0.2, 0.25) is 0 Å². The van der Waals surface area contributed by atoms with Crippen LogP contribution in [0.4, 0.5) is 0 Å². The maximum Gasteiger partial charge on any atom is 0.329 e. The summed E-state index contributed by atoms with van der Waals surface area (Å²) in [6.45, 7) is 4.38. The van der Waals surface area contributed by atoms with Gasteiger partial charge in [-0.3, -0.25) is 4.90 Å². The first-order valence-corrected chi connectivity index (χ1v) is 6.19. The lowest BCUT2D eigenvalue weighted by Gasteiger charge is -2.47. The quantitative estimate of drug-likeness (QED) is 0.828. The SMILES string of the molecule is CC1(OCC(=O)O)CN(CCc2ccccc2)C1. The maximum absolute atomic E-state index is 10.4. The van der Waals surface area contributed by atoms with Crippen LogP contribution in [0.1, 0.15) is 12.5 Å². The molecule has 1 heterocycles. The van der Waals surface area contributed by atoms with E-state index in [0.29, 0.717) is 0 Å². The summed E-state index contributed by atoms with van der Waals surface area (Å²) in [4.78, 5) is 12.7. The van der Waals surface area contributed by atoms with Crippen molar-refractivity contribution in [1.82, 2.24) is 4.90 Å². The lowest BCUT2D eigenvalue weighted by Crippen LogP contribution is -2.61. The Bertz CT molecular complexity index is 399. The molecular formula is C14H19NO3. The van der Waals surface area contributed by atoms with Crippen molar-refractivity contribution in [3.8, 4) is 0 Å². The van der Waals surface area contributed by atoms with Crippen molar-refractivity contribution in [2.24, 2.45) is 0 Å². The van der Waals surface area contributed by atoms with Crippen molar-refractivity contribution < 1.29 is 14.6 Å². The average Bonchev–Trinajstić information content (AvgIpc) is 2.32. The van der Waals surface area contributed by atoms with Crippen molar-refractivity contribution in [3.63, 3.8) is 0 Å². The number of ether oxygens (including phenoxy) is 1. The number of rotatable bonds is 6. The lowest BCUT2D eigenvalue weighted by atomic mass is 9.95. The zero-order valence-corrected chi connectivity index (χ0v) is 10.6. The van der Waals surface area contributed by atoms with Gasteiger partial charge in [-0.1, -0.05) is 30.3 Å². The van der Waals surface area contributed by atoms with E-state index in [0.717, 1.165) is 26.1 Å². The van der Waals surface area contributed by atoms with Crippen molar-refractivity contribution >= 4 is 5.97 Å². The smallest absolute Gasteiger partial charge is 0.329 e. The molecule has 0 bridgehead atoms. The second-order valence-electron chi connectivity index (χ2n) is 5.08. The van der Waals surface area contributed by atoms with Crippen molar-refractivity contribution in [2.45, 2.75) is 18.9 Å². The number of aliphatic carboxylic acids is 1. The first kappa shape index (κ1) is 13.1. The molecule has 4 nitrogen and oxygen atoms in total. The highest BCUT2D eigenvalue weighted by molar-refractivity contribution is 5.68. The van der Waals surface area contributed by atoms with Gasteiger partial charge in [-0.2, -0.15) is 0 Å². The number of nitrogens with zero attached hydrogens (tertiary/aromatic N) is 1. The number of likely N-dealkylation sites (tertiary alicyclic amines) is 1. The highest BCUT2D eigenvalue weighted by atomic mass is 16.5. The molecule has 0 radical (unpaired) electrons. The minimum Gasteiger partial charge on any atom is -0.480 e. The molecule has 1 aliphatic rings. The van der Waals surface area contributed by atoms with E-state index in [1.807, 2.05) is 25.1 Å². The van der Waals surface area contributed by atoms with Gasteiger partial charge in [-0.05, 0) is 18.9 Å². The summed E-state index contributed by atoms with van der Waals surface area (Å²) in [5.41, 5.74) is 1.05. The van der Waals surface area contributed by atoms with Crippen LogP contribution < -0.4 is 0 Å². The van der Waals surface area contributed by atoms with Crippen LogP contribution in [0.3, 0.4) is 0 Å². The molecule has 0 unspecified atom stereocenters. The second-order valence-corrected chi connectivity index (χ2v) is 5.08. The van der Waals surface area contributed by atoms with Gasteiger partial charge < -0.3 is 9.84 Å². The summed E-state index contributed by atoms with van der Waals surface area (Å²) in [6, 6.07) is 10.4. The van der Waals surface area contributed by atoms with E-state index in [-0.39, 0.29) is 12.2 Å². The molecule has 0 spiro atoms. The molecule has 1 N–H and O–H groups in total. The van der Waals surface area contributed by atoms with Crippen LogP contribution >= 0.6 is 0 Å². The summed E-state index contributed by atoms with van der Waals surface area (Å²) < 4.78 is 5.37. The normalized spacial score (nSPS) is 18.3. The summed E-state index contributed by atoms with van der Waals surface area (Å²) >= 11 is 0. The van der Waals surface area contributed by atoms with Crippen LogP contribution in [-0.4, -0.2) is 47.8 Å². The molecule has 18 heavy (non-hydrogen) atoms. The summed E-state index contributed by atoms with van der Waals surface area (Å²) in [5.74, 6) is -0.904. The van der Waals surface area contributed by atoms with E-state index < -0.39 is 5.97 Å². The van der Waals surface area contributed by atoms with Gasteiger partial charge in [-0.15, -0.1) is 0 Å². The zero-order chi connectivity index (χ0) is 13.0. The topological polar surface area (TPSA) is 49.8 Å². The number of benzene rings is 1. The Kier molecular flexibility index (Phi) is 3.99. The van der Waals surface area contributed by atoms with Crippen molar-refractivity contribution in [2.75, 3.05) is 26.2 Å². The van der Waals surface area contributed by atoms with Crippen molar-refractivity contribution in [3.05, 3.63) is 35.9 Å². The third-order valence-electron chi connectivity index (χ3n) is 3.22. The molecular weight excluding hydrogens is 230 g/mol. The standard InChI is InChI=1S/C14H19NO3/c1-14(18-9-13(16)17)10-15(11-14)8-7-12-5-3-2-4-6-12/h2-6H,7-11H2,1H3,(H,16,17). The van der Waals surface area contributed by atoms with E-state index in [9.17, 15) is 4.79 Å². The van der Waals surface area contributed by atoms with Crippen LogP contribution in [0.5, 0.6) is 0 Å². The Labute approximate surface area is 107 Å². The lowest BCUT2D eigenvalue weighted by molar-refractivity contribution is -0.164. The minimum absolute atomic E-state index is 0.205. The summed E-state index contributed by atoms with van der Waals surface area (Å²) in [7, 11) is 0. The molecule has 1 fully saturated rings. The third-order valence-corrected chi connectivity index (χ3v) is 3.22. The molecule has 0 aromatic heterocycles. The van der Waals surface area contributed by atoms with Gasteiger partial charge >= 0.3 is 5.97 Å². The Hall–Kier alpha value is -1.39. The number of hydrogen-bond donors (Lipinski definition) is 1. The first-order chi connectivity index (χ1) is 8.57. The number of carboxylic acids is 1. The fourth-order valence-corrected chi connectivity index (χ4v) is 2.32. The van der Waals surface area contributed by atoms with Crippen molar-refractivity contribution in [1.29, 1.82) is 0 Å². The maximum atomic E-state index is 10.4. The molecule has 4 heteroatoms. The third kappa shape index (κ3) is 3.55. The predicted octanol–water partition coefficient (Wildman–Crippen LogP) is 1.40. The predicted molar refractivity (Wildman–Crippen MR) is 68.6 cm³/mol. The molecule has 2 rings (SSSR count). The van der Waals surface area contributed by atoms with E-state index in [2.05, 4.69) is 17.0 Å². The number of hydrogen-bond acceptors (Lipinski definition) is 3. The molecule has 1 saturated heterocycles.